The van der Waals surface area contributed by atoms with Gasteiger partial charge in [0.25, 0.3) is 0 Å². The number of benzene rings is 1. The summed E-state index contributed by atoms with van der Waals surface area (Å²) >= 11 is 0. The SMILES string of the molecule is O=C(O)CCC1CCCN(C(=O)C=Cc2ccccc2)C1. The summed E-state index contributed by atoms with van der Waals surface area (Å²) < 4.78 is 0. The van der Waals surface area contributed by atoms with Crippen LogP contribution in [0.1, 0.15) is 31.2 Å². The molecule has 0 spiro atoms. The van der Waals surface area contributed by atoms with Crippen molar-refractivity contribution in [1.82, 2.24) is 4.90 Å². The van der Waals surface area contributed by atoms with Crippen LogP contribution in [0.2, 0.25) is 0 Å². The molecule has 1 amide bonds. The number of hydrogen-bond acceptors (Lipinski definition) is 2. The van der Waals surface area contributed by atoms with E-state index in [1.165, 1.54) is 0 Å². The molecule has 1 fully saturated rings. The number of amides is 1. The summed E-state index contributed by atoms with van der Waals surface area (Å²) in [6.45, 7) is 1.44. The lowest BCUT2D eigenvalue weighted by Crippen LogP contribution is -2.39. The normalized spacial score (nSPS) is 18.9. The number of rotatable bonds is 5. The van der Waals surface area contributed by atoms with E-state index in [9.17, 15) is 9.59 Å². The fraction of sp³-hybridized carbons (Fsp3) is 0.412. The van der Waals surface area contributed by atoms with Crippen molar-refractivity contribution in [3.05, 3.63) is 42.0 Å². The van der Waals surface area contributed by atoms with Crippen LogP contribution >= 0.6 is 0 Å². The first kappa shape index (κ1) is 15.3. The van der Waals surface area contributed by atoms with Crippen molar-refractivity contribution in [3.8, 4) is 0 Å². The number of aliphatic carboxylic acids is 1. The second-order valence-electron chi connectivity index (χ2n) is 5.47. The highest BCUT2D eigenvalue weighted by Crippen LogP contribution is 2.21. The maximum absolute atomic E-state index is 12.2. The Kier molecular flexibility index (Phi) is 5.55. The van der Waals surface area contributed by atoms with Crippen LogP contribution in [0.3, 0.4) is 0 Å². The van der Waals surface area contributed by atoms with E-state index in [2.05, 4.69) is 0 Å². The highest BCUT2D eigenvalue weighted by molar-refractivity contribution is 5.91. The molecule has 1 aliphatic rings. The number of hydrogen-bond donors (Lipinski definition) is 1. The van der Waals surface area contributed by atoms with Gasteiger partial charge in [0, 0.05) is 25.6 Å². The molecule has 4 heteroatoms. The molecular formula is C17H21NO3. The van der Waals surface area contributed by atoms with E-state index in [0.717, 1.165) is 24.9 Å². The standard InChI is InChI=1S/C17H21NO3/c19-16(10-8-14-5-2-1-3-6-14)18-12-4-7-15(13-18)9-11-17(20)21/h1-3,5-6,8,10,15H,4,7,9,11-13H2,(H,20,21). The van der Waals surface area contributed by atoms with Crippen molar-refractivity contribution >= 4 is 18.0 Å². The lowest BCUT2D eigenvalue weighted by molar-refractivity contribution is -0.137. The van der Waals surface area contributed by atoms with E-state index < -0.39 is 5.97 Å². The van der Waals surface area contributed by atoms with Crippen molar-refractivity contribution in [2.75, 3.05) is 13.1 Å². The van der Waals surface area contributed by atoms with Crippen LogP contribution in [0, 0.1) is 5.92 Å². The van der Waals surface area contributed by atoms with Gasteiger partial charge >= 0.3 is 5.97 Å². The Morgan fingerprint density at radius 3 is 2.76 bits per heavy atom. The van der Waals surface area contributed by atoms with Crippen molar-refractivity contribution in [1.29, 1.82) is 0 Å². The molecule has 0 bridgehead atoms. The Morgan fingerprint density at radius 2 is 2.05 bits per heavy atom. The number of carbonyl (C=O) groups excluding carboxylic acids is 1. The van der Waals surface area contributed by atoms with E-state index >= 15 is 0 Å². The number of piperidine rings is 1. The van der Waals surface area contributed by atoms with Crippen LogP contribution in [0.4, 0.5) is 0 Å². The van der Waals surface area contributed by atoms with Gasteiger partial charge < -0.3 is 10.0 Å². The van der Waals surface area contributed by atoms with Gasteiger partial charge in [-0.1, -0.05) is 30.3 Å². The number of nitrogens with zero attached hydrogens (tertiary/aromatic N) is 1. The van der Waals surface area contributed by atoms with Crippen LogP contribution in [0.15, 0.2) is 36.4 Å². The summed E-state index contributed by atoms with van der Waals surface area (Å²) in [4.78, 5) is 24.6. The van der Waals surface area contributed by atoms with E-state index in [-0.39, 0.29) is 12.3 Å². The van der Waals surface area contributed by atoms with Gasteiger partial charge in [0.1, 0.15) is 0 Å². The van der Waals surface area contributed by atoms with Gasteiger partial charge in [-0.15, -0.1) is 0 Å². The molecule has 21 heavy (non-hydrogen) atoms. The number of likely N-dealkylation sites (tertiary alicyclic amines) is 1. The first-order valence-corrected chi connectivity index (χ1v) is 7.39. The summed E-state index contributed by atoms with van der Waals surface area (Å²) in [5.41, 5.74) is 1.00. The van der Waals surface area contributed by atoms with Gasteiger partial charge in [-0.05, 0) is 36.8 Å². The average Bonchev–Trinajstić information content (AvgIpc) is 2.52. The van der Waals surface area contributed by atoms with Crippen LogP contribution in [-0.4, -0.2) is 35.0 Å². The van der Waals surface area contributed by atoms with E-state index in [1.807, 2.05) is 41.3 Å². The first-order valence-electron chi connectivity index (χ1n) is 7.39. The molecule has 1 aromatic carbocycles. The summed E-state index contributed by atoms with van der Waals surface area (Å²) in [5, 5.41) is 8.74. The van der Waals surface area contributed by atoms with Crippen molar-refractivity contribution in [3.63, 3.8) is 0 Å². The van der Waals surface area contributed by atoms with Gasteiger partial charge in [0.2, 0.25) is 5.91 Å². The predicted octanol–water partition coefficient (Wildman–Crippen LogP) is 2.80. The quantitative estimate of drug-likeness (QED) is 0.847. The Bertz CT molecular complexity index is 510. The molecule has 4 nitrogen and oxygen atoms in total. The zero-order valence-corrected chi connectivity index (χ0v) is 12.1. The molecule has 1 heterocycles. The topological polar surface area (TPSA) is 57.6 Å². The smallest absolute Gasteiger partial charge is 0.303 e. The minimum Gasteiger partial charge on any atom is -0.481 e. The van der Waals surface area contributed by atoms with Gasteiger partial charge in [-0.2, -0.15) is 0 Å². The van der Waals surface area contributed by atoms with E-state index in [0.29, 0.717) is 18.9 Å². The monoisotopic (exact) mass is 287 g/mol. The van der Waals surface area contributed by atoms with Gasteiger partial charge in [0.15, 0.2) is 0 Å². The zero-order chi connectivity index (χ0) is 15.1. The maximum atomic E-state index is 12.2. The third-order valence-electron chi connectivity index (χ3n) is 3.82. The fourth-order valence-corrected chi connectivity index (χ4v) is 2.67. The second-order valence-corrected chi connectivity index (χ2v) is 5.47. The molecule has 1 aromatic rings. The van der Waals surface area contributed by atoms with Crippen LogP contribution in [0.5, 0.6) is 0 Å². The number of carboxylic acids is 1. The van der Waals surface area contributed by atoms with Crippen molar-refractivity contribution in [2.24, 2.45) is 5.92 Å². The molecule has 0 saturated carbocycles. The number of carbonyl (C=O) groups is 2. The van der Waals surface area contributed by atoms with Crippen molar-refractivity contribution < 1.29 is 14.7 Å². The first-order chi connectivity index (χ1) is 10.1. The zero-order valence-electron chi connectivity index (χ0n) is 12.1. The number of carboxylic acid groups (broad SMARTS) is 1. The Hall–Kier alpha value is -2.10. The third kappa shape index (κ3) is 5.06. The van der Waals surface area contributed by atoms with Crippen LogP contribution in [0.25, 0.3) is 6.08 Å². The summed E-state index contributed by atoms with van der Waals surface area (Å²) in [5.74, 6) is -0.440. The predicted molar refractivity (Wildman–Crippen MR) is 81.6 cm³/mol. The third-order valence-corrected chi connectivity index (χ3v) is 3.82. The molecule has 0 radical (unpaired) electrons. The molecule has 1 aliphatic heterocycles. The molecule has 0 aliphatic carbocycles. The molecule has 1 unspecified atom stereocenters. The van der Waals surface area contributed by atoms with E-state index in [4.69, 9.17) is 5.11 Å². The van der Waals surface area contributed by atoms with Gasteiger partial charge in [-0.3, -0.25) is 9.59 Å². The molecule has 112 valence electrons. The molecule has 2 rings (SSSR count). The minimum absolute atomic E-state index is 0.0129. The summed E-state index contributed by atoms with van der Waals surface area (Å²) in [6.07, 6.45) is 6.24. The molecule has 1 N–H and O–H groups in total. The molecule has 0 aromatic heterocycles. The Morgan fingerprint density at radius 1 is 1.29 bits per heavy atom. The lowest BCUT2D eigenvalue weighted by Gasteiger charge is -2.32. The molecule has 1 atom stereocenters. The van der Waals surface area contributed by atoms with Crippen LogP contribution < -0.4 is 0 Å². The minimum atomic E-state index is -0.762. The van der Waals surface area contributed by atoms with Gasteiger partial charge in [0.05, 0.1) is 0 Å². The second kappa shape index (κ2) is 7.62. The highest BCUT2D eigenvalue weighted by Gasteiger charge is 2.22. The van der Waals surface area contributed by atoms with E-state index in [1.54, 1.807) is 6.08 Å². The Labute approximate surface area is 125 Å². The van der Waals surface area contributed by atoms with Crippen molar-refractivity contribution in [2.45, 2.75) is 25.7 Å². The average molecular weight is 287 g/mol. The summed E-state index contributed by atoms with van der Waals surface area (Å²) in [7, 11) is 0. The molecule has 1 saturated heterocycles. The van der Waals surface area contributed by atoms with Gasteiger partial charge in [-0.25, -0.2) is 0 Å². The lowest BCUT2D eigenvalue weighted by atomic mass is 9.93. The Balaban J connectivity index is 1.87. The largest absolute Gasteiger partial charge is 0.481 e. The summed E-state index contributed by atoms with van der Waals surface area (Å²) in [6, 6.07) is 9.72. The molecular weight excluding hydrogens is 266 g/mol. The maximum Gasteiger partial charge on any atom is 0.303 e. The highest BCUT2D eigenvalue weighted by atomic mass is 16.4. The van der Waals surface area contributed by atoms with Crippen LogP contribution in [-0.2, 0) is 9.59 Å². The fourth-order valence-electron chi connectivity index (χ4n) is 2.67.